The van der Waals surface area contributed by atoms with Crippen LogP contribution in [0, 0.1) is 0 Å². The molecule has 0 aromatic heterocycles. The van der Waals surface area contributed by atoms with Crippen LogP contribution in [0.1, 0.15) is 30.1 Å². The molecule has 1 aromatic rings. The number of alkyl halides is 2. The van der Waals surface area contributed by atoms with Gasteiger partial charge in [-0.15, -0.1) is 0 Å². The number of aliphatic hydroxyl groups excluding tert-OH is 1. The van der Waals surface area contributed by atoms with E-state index in [1.165, 1.54) is 12.1 Å². The van der Waals surface area contributed by atoms with Gasteiger partial charge in [-0.05, 0) is 25.0 Å². The van der Waals surface area contributed by atoms with Gasteiger partial charge in [-0.1, -0.05) is 30.8 Å². The first-order chi connectivity index (χ1) is 9.08. The van der Waals surface area contributed by atoms with Crippen LogP contribution in [0.4, 0.5) is 8.78 Å². The fourth-order valence-corrected chi connectivity index (χ4v) is 2.29. The summed E-state index contributed by atoms with van der Waals surface area (Å²) >= 11 is 0.358. The summed E-state index contributed by atoms with van der Waals surface area (Å²) in [4.78, 5) is 12.3. The maximum atomic E-state index is 12.4. The lowest BCUT2D eigenvalue weighted by atomic mass is 10.1. The van der Waals surface area contributed by atoms with Crippen molar-refractivity contribution in [3.8, 4) is 0 Å². The van der Waals surface area contributed by atoms with Crippen LogP contribution in [-0.4, -0.2) is 29.4 Å². The number of amides is 1. The fourth-order valence-electron chi connectivity index (χ4n) is 1.65. The lowest BCUT2D eigenvalue weighted by molar-refractivity contribution is 0.0926. The standard InChI is InChI=1S/C13H17F2NO2S/c1-2-9(7-8-17)16-12(18)10-5-3-4-6-11(10)19-13(14)15/h3-6,9,13,17H,2,7-8H2,1H3,(H,16,18). The Balaban J connectivity index is 2.81. The van der Waals surface area contributed by atoms with E-state index in [0.717, 1.165) is 0 Å². The number of hydrogen-bond acceptors (Lipinski definition) is 3. The van der Waals surface area contributed by atoms with Crippen molar-refractivity contribution in [1.82, 2.24) is 5.32 Å². The molecule has 0 aliphatic rings. The molecule has 0 saturated heterocycles. The summed E-state index contributed by atoms with van der Waals surface area (Å²) in [5, 5.41) is 11.6. The Bertz CT molecular complexity index is 415. The predicted molar refractivity (Wildman–Crippen MR) is 71.6 cm³/mol. The minimum atomic E-state index is -2.56. The molecule has 0 heterocycles. The first-order valence-electron chi connectivity index (χ1n) is 6.04. The van der Waals surface area contributed by atoms with Gasteiger partial charge < -0.3 is 10.4 Å². The van der Waals surface area contributed by atoms with Crippen molar-refractivity contribution < 1.29 is 18.7 Å². The molecule has 0 saturated carbocycles. The average molecular weight is 289 g/mol. The molecule has 1 atom stereocenters. The quantitative estimate of drug-likeness (QED) is 0.759. The highest BCUT2D eigenvalue weighted by Gasteiger charge is 2.17. The molecule has 2 N–H and O–H groups in total. The van der Waals surface area contributed by atoms with E-state index < -0.39 is 5.76 Å². The monoisotopic (exact) mass is 289 g/mol. The van der Waals surface area contributed by atoms with Gasteiger partial charge in [0.2, 0.25) is 0 Å². The molecule has 3 nitrogen and oxygen atoms in total. The first kappa shape index (κ1) is 15.9. The molecule has 19 heavy (non-hydrogen) atoms. The van der Waals surface area contributed by atoms with Crippen LogP contribution in [0.5, 0.6) is 0 Å². The third-order valence-corrected chi connectivity index (χ3v) is 3.44. The van der Waals surface area contributed by atoms with Gasteiger partial charge in [0.15, 0.2) is 0 Å². The Morgan fingerprint density at radius 2 is 2.11 bits per heavy atom. The molecular formula is C13H17F2NO2S. The molecule has 1 unspecified atom stereocenters. The third kappa shape index (κ3) is 5.16. The molecular weight excluding hydrogens is 272 g/mol. The molecule has 0 spiro atoms. The molecule has 0 aliphatic heterocycles. The number of thioether (sulfide) groups is 1. The second kappa shape index (κ2) is 8.12. The average Bonchev–Trinajstić information content (AvgIpc) is 2.38. The molecule has 106 valence electrons. The number of halogens is 2. The van der Waals surface area contributed by atoms with E-state index in [2.05, 4.69) is 5.32 Å². The lowest BCUT2D eigenvalue weighted by Gasteiger charge is -2.17. The Morgan fingerprint density at radius 3 is 2.68 bits per heavy atom. The van der Waals surface area contributed by atoms with Gasteiger partial charge in [-0.3, -0.25) is 4.79 Å². The summed E-state index contributed by atoms with van der Waals surface area (Å²) in [5.41, 5.74) is 0.240. The highest BCUT2D eigenvalue weighted by molar-refractivity contribution is 7.99. The normalized spacial score (nSPS) is 12.5. The van der Waals surface area contributed by atoms with Crippen molar-refractivity contribution in [3.05, 3.63) is 29.8 Å². The van der Waals surface area contributed by atoms with Crippen LogP contribution >= 0.6 is 11.8 Å². The van der Waals surface area contributed by atoms with Gasteiger partial charge in [0.1, 0.15) is 0 Å². The van der Waals surface area contributed by atoms with Gasteiger partial charge in [-0.25, -0.2) is 0 Å². The molecule has 1 rings (SSSR count). The lowest BCUT2D eigenvalue weighted by Crippen LogP contribution is -2.35. The maximum absolute atomic E-state index is 12.4. The van der Waals surface area contributed by atoms with Crippen molar-refractivity contribution in [3.63, 3.8) is 0 Å². The van der Waals surface area contributed by atoms with E-state index in [4.69, 9.17) is 5.11 Å². The minimum Gasteiger partial charge on any atom is -0.396 e. The van der Waals surface area contributed by atoms with Crippen LogP contribution in [0.2, 0.25) is 0 Å². The fraction of sp³-hybridized carbons (Fsp3) is 0.462. The van der Waals surface area contributed by atoms with E-state index in [-0.39, 0.29) is 29.0 Å². The van der Waals surface area contributed by atoms with Crippen LogP contribution < -0.4 is 5.32 Å². The van der Waals surface area contributed by atoms with Crippen molar-refractivity contribution in [2.24, 2.45) is 0 Å². The number of carbonyl (C=O) groups is 1. The van der Waals surface area contributed by atoms with E-state index >= 15 is 0 Å². The van der Waals surface area contributed by atoms with Gasteiger partial charge in [-0.2, -0.15) is 8.78 Å². The Morgan fingerprint density at radius 1 is 1.42 bits per heavy atom. The summed E-state index contributed by atoms with van der Waals surface area (Å²) in [5.74, 6) is -2.95. The van der Waals surface area contributed by atoms with Crippen molar-refractivity contribution in [1.29, 1.82) is 0 Å². The number of benzene rings is 1. The van der Waals surface area contributed by atoms with E-state index in [1.807, 2.05) is 6.92 Å². The minimum absolute atomic E-state index is 0.0216. The van der Waals surface area contributed by atoms with Crippen LogP contribution in [-0.2, 0) is 0 Å². The SMILES string of the molecule is CCC(CCO)NC(=O)c1ccccc1SC(F)F. The third-order valence-electron chi connectivity index (χ3n) is 2.65. The highest BCUT2D eigenvalue weighted by atomic mass is 32.2. The Hall–Kier alpha value is -1.14. The molecule has 0 bridgehead atoms. The summed E-state index contributed by atoms with van der Waals surface area (Å²) in [7, 11) is 0. The Kier molecular flexibility index (Phi) is 6.80. The molecule has 1 amide bonds. The molecule has 6 heteroatoms. The Labute approximate surface area is 115 Å². The zero-order chi connectivity index (χ0) is 14.3. The second-order valence-corrected chi connectivity index (χ2v) is 5.00. The van der Waals surface area contributed by atoms with Gasteiger partial charge in [0.05, 0.1) is 5.56 Å². The number of hydrogen-bond donors (Lipinski definition) is 2. The van der Waals surface area contributed by atoms with Crippen LogP contribution in [0.3, 0.4) is 0 Å². The van der Waals surface area contributed by atoms with E-state index in [0.29, 0.717) is 24.6 Å². The van der Waals surface area contributed by atoms with Crippen molar-refractivity contribution in [2.75, 3.05) is 6.61 Å². The zero-order valence-electron chi connectivity index (χ0n) is 10.6. The summed E-state index contributed by atoms with van der Waals surface area (Å²) in [6.07, 6.45) is 1.13. The molecule has 0 aliphatic carbocycles. The summed E-state index contributed by atoms with van der Waals surface area (Å²) in [6, 6.07) is 6.12. The largest absolute Gasteiger partial charge is 0.396 e. The number of nitrogens with one attached hydrogen (secondary N) is 1. The van der Waals surface area contributed by atoms with Crippen LogP contribution in [0.25, 0.3) is 0 Å². The van der Waals surface area contributed by atoms with E-state index in [1.54, 1.807) is 12.1 Å². The van der Waals surface area contributed by atoms with Gasteiger partial charge in [0.25, 0.3) is 11.7 Å². The highest BCUT2D eigenvalue weighted by Crippen LogP contribution is 2.28. The zero-order valence-corrected chi connectivity index (χ0v) is 11.4. The van der Waals surface area contributed by atoms with Gasteiger partial charge >= 0.3 is 0 Å². The molecule has 0 radical (unpaired) electrons. The maximum Gasteiger partial charge on any atom is 0.288 e. The summed E-state index contributed by atoms with van der Waals surface area (Å²) < 4.78 is 24.8. The second-order valence-electron chi connectivity index (χ2n) is 3.97. The smallest absolute Gasteiger partial charge is 0.288 e. The number of carbonyl (C=O) groups excluding carboxylic acids is 1. The van der Waals surface area contributed by atoms with Crippen molar-refractivity contribution >= 4 is 17.7 Å². The summed E-state index contributed by atoms with van der Waals surface area (Å²) in [6.45, 7) is 1.87. The van der Waals surface area contributed by atoms with Gasteiger partial charge in [0, 0.05) is 17.5 Å². The van der Waals surface area contributed by atoms with E-state index in [9.17, 15) is 13.6 Å². The number of aliphatic hydroxyl groups is 1. The van der Waals surface area contributed by atoms with Crippen LogP contribution in [0.15, 0.2) is 29.2 Å². The molecule has 1 aromatic carbocycles. The topological polar surface area (TPSA) is 49.3 Å². The predicted octanol–water partition coefficient (Wildman–Crippen LogP) is 2.89. The number of rotatable bonds is 7. The van der Waals surface area contributed by atoms with Crippen molar-refractivity contribution in [2.45, 2.75) is 36.5 Å². The first-order valence-corrected chi connectivity index (χ1v) is 6.92. The molecule has 0 fully saturated rings.